The van der Waals surface area contributed by atoms with Crippen LogP contribution >= 0.6 is 0 Å². The molecule has 0 heterocycles. The first-order chi connectivity index (χ1) is 36.0. The van der Waals surface area contributed by atoms with Crippen LogP contribution in [0.3, 0.4) is 0 Å². The Hall–Kier alpha value is -2.37. The van der Waals surface area contributed by atoms with Gasteiger partial charge in [0.05, 0.1) is 0 Å². The molecule has 0 N–H and O–H groups in total. The molecule has 0 bridgehead atoms. The lowest BCUT2D eigenvalue weighted by molar-refractivity contribution is -0.167. The number of ether oxygens (including phenoxy) is 3. The van der Waals surface area contributed by atoms with E-state index in [0.717, 1.165) is 70.6 Å². The first kappa shape index (κ1) is 70.6. The zero-order chi connectivity index (χ0) is 52.9. The molecule has 6 nitrogen and oxygen atoms in total. The molecule has 1 atom stereocenters. The normalized spacial score (nSPS) is 12.2. The van der Waals surface area contributed by atoms with Gasteiger partial charge in [-0.15, -0.1) is 0 Å². The molecule has 0 spiro atoms. The summed E-state index contributed by atoms with van der Waals surface area (Å²) in [6, 6.07) is 0. The third-order valence-electron chi connectivity index (χ3n) is 14.6. The second kappa shape index (κ2) is 62.2. The molecule has 1 unspecified atom stereocenters. The van der Waals surface area contributed by atoms with Gasteiger partial charge in [-0.2, -0.15) is 0 Å². The summed E-state index contributed by atoms with van der Waals surface area (Å²) in [4.78, 5) is 38.3. The Kier molecular flexibility index (Phi) is 60.2. The quantitative estimate of drug-likeness (QED) is 0.0261. The standard InChI is InChI=1S/C67H124O6/c1-4-7-10-13-16-19-22-25-27-28-29-30-31-32-33-34-35-36-37-38-40-42-45-48-51-54-57-60-66(69)72-63-64(62-71-65(68)59-56-53-50-47-44-41-24-21-18-15-12-9-6-3)73-67(70)61-58-55-52-49-46-43-39-26-23-20-17-14-11-8-5-2/h22,25,28-29,31-32,64H,4-21,23-24,26-27,30,33-63H2,1-3H3/b25-22-,29-28-,32-31-. The smallest absolute Gasteiger partial charge is 0.306 e. The van der Waals surface area contributed by atoms with Crippen LogP contribution in [0, 0.1) is 0 Å². The van der Waals surface area contributed by atoms with Gasteiger partial charge in [-0.3, -0.25) is 14.4 Å². The van der Waals surface area contributed by atoms with Crippen LogP contribution in [0.2, 0.25) is 0 Å². The zero-order valence-electron chi connectivity index (χ0n) is 49.2. The average Bonchev–Trinajstić information content (AvgIpc) is 3.39. The highest BCUT2D eigenvalue weighted by atomic mass is 16.6. The van der Waals surface area contributed by atoms with Gasteiger partial charge in [-0.05, 0) is 57.8 Å². The van der Waals surface area contributed by atoms with Crippen molar-refractivity contribution in [2.45, 2.75) is 361 Å². The fraction of sp³-hybridized carbons (Fsp3) is 0.866. The Bertz CT molecular complexity index is 1220. The van der Waals surface area contributed by atoms with Gasteiger partial charge in [0.1, 0.15) is 13.2 Å². The minimum absolute atomic E-state index is 0.0664. The van der Waals surface area contributed by atoms with Crippen molar-refractivity contribution < 1.29 is 28.6 Å². The van der Waals surface area contributed by atoms with Crippen molar-refractivity contribution in [3.8, 4) is 0 Å². The van der Waals surface area contributed by atoms with E-state index in [1.165, 1.54) is 244 Å². The largest absolute Gasteiger partial charge is 0.462 e. The third kappa shape index (κ3) is 60.4. The van der Waals surface area contributed by atoms with Crippen LogP contribution in [0.15, 0.2) is 36.5 Å². The van der Waals surface area contributed by atoms with Crippen LogP contribution in [0.5, 0.6) is 0 Å². The van der Waals surface area contributed by atoms with Crippen LogP contribution in [-0.2, 0) is 28.6 Å². The topological polar surface area (TPSA) is 78.9 Å². The van der Waals surface area contributed by atoms with Crippen molar-refractivity contribution in [3.63, 3.8) is 0 Å². The number of rotatable bonds is 60. The number of carbonyl (C=O) groups is 3. The van der Waals surface area contributed by atoms with Crippen LogP contribution in [0.4, 0.5) is 0 Å². The van der Waals surface area contributed by atoms with Crippen LogP contribution in [0.1, 0.15) is 355 Å². The minimum atomic E-state index is -0.768. The number of esters is 3. The van der Waals surface area contributed by atoms with E-state index in [2.05, 4.69) is 57.2 Å². The maximum atomic E-state index is 12.9. The predicted molar refractivity (Wildman–Crippen MR) is 316 cm³/mol. The average molecular weight is 1030 g/mol. The highest BCUT2D eigenvalue weighted by Gasteiger charge is 2.19. The summed E-state index contributed by atoms with van der Waals surface area (Å²) >= 11 is 0. The zero-order valence-corrected chi connectivity index (χ0v) is 49.2. The molecule has 428 valence electrons. The highest BCUT2D eigenvalue weighted by Crippen LogP contribution is 2.18. The molecule has 6 heteroatoms. The Morgan fingerprint density at radius 1 is 0.274 bits per heavy atom. The second-order valence-electron chi connectivity index (χ2n) is 22.0. The summed E-state index contributed by atoms with van der Waals surface area (Å²) < 4.78 is 16.9. The summed E-state index contributed by atoms with van der Waals surface area (Å²) in [7, 11) is 0. The molecule has 0 aliphatic carbocycles. The summed E-state index contributed by atoms with van der Waals surface area (Å²) in [5.41, 5.74) is 0. The van der Waals surface area contributed by atoms with Crippen molar-refractivity contribution in [3.05, 3.63) is 36.5 Å². The first-order valence-corrected chi connectivity index (χ1v) is 32.5. The molecule has 0 aliphatic rings. The van der Waals surface area contributed by atoms with Crippen LogP contribution in [-0.4, -0.2) is 37.2 Å². The van der Waals surface area contributed by atoms with Crippen molar-refractivity contribution in [2.24, 2.45) is 0 Å². The predicted octanol–water partition coefficient (Wildman–Crippen LogP) is 22.0. The van der Waals surface area contributed by atoms with Crippen molar-refractivity contribution in [1.29, 1.82) is 0 Å². The van der Waals surface area contributed by atoms with E-state index in [0.29, 0.717) is 19.3 Å². The van der Waals surface area contributed by atoms with Gasteiger partial charge < -0.3 is 14.2 Å². The Morgan fingerprint density at radius 2 is 0.493 bits per heavy atom. The molecule has 0 aliphatic heterocycles. The van der Waals surface area contributed by atoms with E-state index in [1.54, 1.807) is 0 Å². The molecule has 0 saturated carbocycles. The SMILES string of the molecule is CCCCCCC/C=C\C/C=C\C/C=C\CCCCCCCCCCCCCCC(=O)OCC(COC(=O)CCCCCCCCCCCCCCC)OC(=O)CCCCCCCCCCCCCCCCC. The Balaban J connectivity index is 4.21. The van der Waals surface area contributed by atoms with E-state index >= 15 is 0 Å². The number of unbranched alkanes of at least 4 members (excludes halogenated alkanes) is 43. The summed E-state index contributed by atoms with van der Waals surface area (Å²) in [6.45, 7) is 6.68. The molecule has 0 fully saturated rings. The van der Waals surface area contributed by atoms with Crippen molar-refractivity contribution in [1.82, 2.24) is 0 Å². The van der Waals surface area contributed by atoms with Gasteiger partial charge in [-0.25, -0.2) is 0 Å². The number of allylic oxidation sites excluding steroid dienone is 6. The molecule has 0 saturated heterocycles. The van der Waals surface area contributed by atoms with E-state index in [4.69, 9.17) is 14.2 Å². The van der Waals surface area contributed by atoms with Gasteiger partial charge in [0, 0.05) is 19.3 Å². The van der Waals surface area contributed by atoms with Crippen molar-refractivity contribution >= 4 is 17.9 Å². The third-order valence-corrected chi connectivity index (χ3v) is 14.6. The molecule has 0 aromatic carbocycles. The van der Waals surface area contributed by atoms with Crippen LogP contribution in [0.25, 0.3) is 0 Å². The lowest BCUT2D eigenvalue weighted by Gasteiger charge is -2.18. The molecule has 0 rings (SSSR count). The monoisotopic (exact) mass is 1020 g/mol. The number of hydrogen-bond acceptors (Lipinski definition) is 6. The molecule has 0 aromatic heterocycles. The highest BCUT2D eigenvalue weighted by molar-refractivity contribution is 5.71. The molecule has 73 heavy (non-hydrogen) atoms. The van der Waals surface area contributed by atoms with E-state index in [-0.39, 0.29) is 31.1 Å². The van der Waals surface area contributed by atoms with E-state index in [9.17, 15) is 14.4 Å². The van der Waals surface area contributed by atoms with Crippen molar-refractivity contribution in [2.75, 3.05) is 13.2 Å². The lowest BCUT2D eigenvalue weighted by Crippen LogP contribution is -2.30. The maximum Gasteiger partial charge on any atom is 0.306 e. The molecule has 0 radical (unpaired) electrons. The molecular formula is C67H124O6. The van der Waals surface area contributed by atoms with Gasteiger partial charge in [0.2, 0.25) is 0 Å². The van der Waals surface area contributed by atoms with E-state index in [1.807, 2.05) is 0 Å². The number of hydrogen-bond donors (Lipinski definition) is 0. The fourth-order valence-electron chi connectivity index (χ4n) is 9.75. The fourth-order valence-corrected chi connectivity index (χ4v) is 9.75. The Morgan fingerprint density at radius 3 is 0.767 bits per heavy atom. The molecular weight excluding hydrogens is 901 g/mol. The number of carbonyl (C=O) groups excluding carboxylic acids is 3. The maximum absolute atomic E-state index is 12.9. The summed E-state index contributed by atoms with van der Waals surface area (Å²) in [5, 5.41) is 0. The van der Waals surface area contributed by atoms with E-state index < -0.39 is 6.10 Å². The second-order valence-corrected chi connectivity index (χ2v) is 22.0. The minimum Gasteiger partial charge on any atom is -0.462 e. The lowest BCUT2D eigenvalue weighted by atomic mass is 10.0. The summed E-state index contributed by atoms with van der Waals surface area (Å²) in [6.07, 6.45) is 75.8. The molecule has 0 amide bonds. The molecule has 0 aromatic rings. The van der Waals surface area contributed by atoms with Gasteiger partial charge in [-0.1, -0.05) is 314 Å². The van der Waals surface area contributed by atoms with Gasteiger partial charge in [0.25, 0.3) is 0 Å². The van der Waals surface area contributed by atoms with Gasteiger partial charge in [0.15, 0.2) is 6.10 Å². The Labute approximate surface area is 455 Å². The first-order valence-electron chi connectivity index (χ1n) is 32.5. The summed E-state index contributed by atoms with van der Waals surface area (Å²) in [5.74, 6) is -0.843. The van der Waals surface area contributed by atoms with Gasteiger partial charge >= 0.3 is 17.9 Å². The van der Waals surface area contributed by atoms with Crippen LogP contribution < -0.4 is 0 Å².